The summed E-state index contributed by atoms with van der Waals surface area (Å²) in [6, 6.07) is 9.29. The lowest BCUT2D eigenvalue weighted by atomic mass is 10.3. The molecule has 0 aliphatic carbocycles. The van der Waals surface area contributed by atoms with Crippen molar-refractivity contribution >= 4 is 17.1 Å². The molecule has 17 heavy (non-hydrogen) atoms. The monoisotopic (exact) mass is 228 g/mol. The van der Waals surface area contributed by atoms with E-state index in [-0.39, 0.29) is 11.5 Å². The fourth-order valence-corrected chi connectivity index (χ4v) is 1.58. The van der Waals surface area contributed by atoms with E-state index < -0.39 is 5.56 Å². The third-order valence-electron chi connectivity index (χ3n) is 2.33. The Kier molecular flexibility index (Phi) is 1.91. The summed E-state index contributed by atoms with van der Waals surface area (Å²) in [4.78, 5) is 18.0. The number of aromatic amines is 1. The van der Waals surface area contributed by atoms with Crippen molar-refractivity contribution in [3.8, 4) is 5.69 Å². The van der Waals surface area contributed by atoms with Crippen LogP contribution in [-0.4, -0.2) is 25.0 Å². The first-order valence-corrected chi connectivity index (χ1v) is 4.92. The van der Waals surface area contributed by atoms with E-state index in [1.54, 1.807) is 0 Å². The summed E-state index contributed by atoms with van der Waals surface area (Å²) in [6.07, 6.45) is 0. The number of benzene rings is 1. The number of nitrogens with two attached hydrogens (primary N) is 1. The van der Waals surface area contributed by atoms with Crippen molar-refractivity contribution in [2.45, 2.75) is 0 Å². The molecular weight excluding hydrogens is 220 g/mol. The van der Waals surface area contributed by atoms with Gasteiger partial charge < -0.3 is 5.73 Å². The molecule has 2 heterocycles. The Morgan fingerprint density at radius 1 is 1.24 bits per heavy atom. The minimum Gasteiger partial charge on any atom is -0.369 e. The lowest BCUT2D eigenvalue weighted by Gasteiger charge is -2.00. The van der Waals surface area contributed by atoms with Crippen LogP contribution in [0.5, 0.6) is 0 Å². The largest absolute Gasteiger partial charge is 0.369 e. The molecule has 3 aromatic rings. The number of fused-ring (bicyclic) bond motifs is 1. The first-order chi connectivity index (χ1) is 8.25. The quantitative estimate of drug-likeness (QED) is 0.614. The minimum absolute atomic E-state index is 0.0435. The standard InChI is InChI=1S/C10H8N6O/c11-10-12-8-7(9(17)13-10)14-15-16(8)6-4-2-1-3-5-6/h1-5H,(H3,11,12,13,17). The number of nitrogens with zero attached hydrogens (tertiary/aromatic N) is 4. The molecule has 7 heteroatoms. The number of nitrogens with one attached hydrogen (secondary N) is 1. The highest BCUT2D eigenvalue weighted by Crippen LogP contribution is 2.11. The molecule has 0 unspecified atom stereocenters. The molecule has 0 amide bonds. The Bertz CT molecular complexity index is 729. The Balaban J connectivity index is 2.36. The van der Waals surface area contributed by atoms with E-state index in [0.717, 1.165) is 5.69 Å². The number of hydrogen-bond donors (Lipinski definition) is 2. The summed E-state index contributed by atoms with van der Waals surface area (Å²) in [5.74, 6) is 0.0435. The van der Waals surface area contributed by atoms with Crippen LogP contribution in [0, 0.1) is 0 Å². The Morgan fingerprint density at radius 2 is 2.00 bits per heavy atom. The zero-order chi connectivity index (χ0) is 11.8. The van der Waals surface area contributed by atoms with Crippen molar-refractivity contribution in [1.82, 2.24) is 25.0 Å². The third kappa shape index (κ3) is 1.44. The van der Waals surface area contributed by atoms with Crippen LogP contribution in [0.1, 0.15) is 0 Å². The van der Waals surface area contributed by atoms with Gasteiger partial charge in [0.1, 0.15) is 0 Å². The van der Waals surface area contributed by atoms with Gasteiger partial charge in [-0.1, -0.05) is 23.4 Å². The van der Waals surface area contributed by atoms with Crippen LogP contribution in [-0.2, 0) is 0 Å². The molecule has 0 spiro atoms. The van der Waals surface area contributed by atoms with Crippen molar-refractivity contribution in [3.05, 3.63) is 40.7 Å². The smallest absolute Gasteiger partial charge is 0.282 e. The molecule has 0 bridgehead atoms. The molecule has 0 saturated carbocycles. The average Bonchev–Trinajstić information content (AvgIpc) is 2.74. The number of anilines is 1. The van der Waals surface area contributed by atoms with Crippen LogP contribution >= 0.6 is 0 Å². The number of H-pyrrole nitrogens is 1. The zero-order valence-corrected chi connectivity index (χ0v) is 8.66. The van der Waals surface area contributed by atoms with Gasteiger partial charge in [0.2, 0.25) is 5.95 Å². The van der Waals surface area contributed by atoms with Gasteiger partial charge in [0.15, 0.2) is 11.2 Å². The van der Waals surface area contributed by atoms with Crippen molar-refractivity contribution in [2.75, 3.05) is 5.73 Å². The van der Waals surface area contributed by atoms with E-state index in [9.17, 15) is 4.79 Å². The summed E-state index contributed by atoms with van der Waals surface area (Å²) < 4.78 is 1.47. The fourth-order valence-electron chi connectivity index (χ4n) is 1.58. The molecule has 0 saturated heterocycles. The van der Waals surface area contributed by atoms with Crippen LogP contribution < -0.4 is 11.3 Å². The molecule has 0 aliphatic heterocycles. The fraction of sp³-hybridized carbons (Fsp3) is 0. The highest BCUT2D eigenvalue weighted by Gasteiger charge is 2.11. The van der Waals surface area contributed by atoms with Gasteiger partial charge in [0.25, 0.3) is 5.56 Å². The lowest BCUT2D eigenvalue weighted by Crippen LogP contribution is -2.12. The molecule has 2 aromatic heterocycles. The number of hydrogen-bond acceptors (Lipinski definition) is 5. The molecule has 1 aromatic carbocycles. The van der Waals surface area contributed by atoms with Gasteiger partial charge in [0, 0.05) is 0 Å². The second kappa shape index (κ2) is 3.41. The molecule has 3 N–H and O–H groups in total. The maximum atomic E-state index is 11.6. The summed E-state index contributed by atoms with van der Waals surface area (Å²) in [6.45, 7) is 0. The second-order valence-electron chi connectivity index (χ2n) is 3.46. The van der Waals surface area contributed by atoms with E-state index in [1.165, 1.54) is 4.68 Å². The van der Waals surface area contributed by atoms with Gasteiger partial charge in [-0.15, -0.1) is 5.10 Å². The molecule has 0 aliphatic rings. The van der Waals surface area contributed by atoms with Crippen molar-refractivity contribution in [3.63, 3.8) is 0 Å². The first-order valence-electron chi connectivity index (χ1n) is 4.92. The van der Waals surface area contributed by atoms with Crippen molar-refractivity contribution < 1.29 is 0 Å². The topological polar surface area (TPSA) is 102 Å². The van der Waals surface area contributed by atoms with Crippen LogP contribution in [0.4, 0.5) is 5.95 Å². The van der Waals surface area contributed by atoms with E-state index in [1.807, 2.05) is 30.3 Å². The Hall–Kier alpha value is -2.70. The lowest BCUT2D eigenvalue weighted by molar-refractivity contribution is 0.817. The molecule has 3 rings (SSSR count). The molecule has 0 radical (unpaired) electrons. The summed E-state index contributed by atoms with van der Waals surface area (Å²) in [7, 11) is 0. The van der Waals surface area contributed by atoms with Crippen LogP contribution in [0.15, 0.2) is 35.1 Å². The number of nitrogen functional groups attached to an aromatic ring is 1. The highest BCUT2D eigenvalue weighted by atomic mass is 16.1. The highest BCUT2D eigenvalue weighted by molar-refractivity contribution is 5.71. The summed E-state index contributed by atoms with van der Waals surface area (Å²) in [5, 5.41) is 7.68. The Morgan fingerprint density at radius 3 is 2.76 bits per heavy atom. The number of rotatable bonds is 1. The normalized spacial score (nSPS) is 10.8. The van der Waals surface area contributed by atoms with Crippen LogP contribution in [0.3, 0.4) is 0 Å². The van der Waals surface area contributed by atoms with Gasteiger partial charge in [-0.05, 0) is 12.1 Å². The van der Waals surface area contributed by atoms with Gasteiger partial charge >= 0.3 is 0 Å². The summed E-state index contributed by atoms with van der Waals surface area (Å²) >= 11 is 0. The molecule has 84 valence electrons. The zero-order valence-electron chi connectivity index (χ0n) is 8.66. The molecular formula is C10H8N6O. The maximum absolute atomic E-state index is 11.6. The molecule has 7 nitrogen and oxygen atoms in total. The van der Waals surface area contributed by atoms with Crippen LogP contribution in [0.25, 0.3) is 16.9 Å². The predicted octanol–water partition coefficient (Wildman–Crippen LogP) is 0.0860. The number of para-hydroxylation sites is 1. The van der Waals surface area contributed by atoms with Crippen molar-refractivity contribution in [1.29, 1.82) is 0 Å². The van der Waals surface area contributed by atoms with E-state index >= 15 is 0 Å². The third-order valence-corrected chi connectivity index (χ3v) is 2.33. The predicted molar refractivity (Wildman–Crippen MR) is 61.7 cm³/mol. The van der Waals surface area contributed by atoms with Gasteiger partial charge in [-0.2, -0.15) is 9.67 Å². The first kappa shape index (κ1) is 9.52. The maximum Gasteiger partial charge on any atom is 0.282 e. The average molecular weight is 228 g/mol. The van der Waals surface area contributed by atoms with E-state index in [4.69, 9.17) is 5.73 Å². The van der Waals surface area contributed by atoms with Crippen LogP contribution in [0.2, 0.25) is 0 Å². The van der Waals surface area contributed by atoms with Crippen molar-refractivity contribution in [2.24, 2.45) is 0 Å². The summed E-state index contributed by atoms with van der Waals surface area (Å²) in [5.41, 5.74) is 6.39. The molecule has 0 atom stereocenters. The number of aromatic nitrogens is 5. The van der Waals surface area contributed by atoms with Gasteiger partial charge in [-0.3, -0.25) is 9.78 Å². The second-order valence-corrected chi connectivity index (χ2v) is 3.46. The van der Waals surface area contributed by atoms with E-state index in [2.05, 4.69) is 20.3 Å². The molecule has 0 fully saturated rings. The van der Waals surface area contributed by atoms with Gasteiger partial charge in [-0.25, -0.2) is 0 Å². The minimum atomic E-state index is -0.394. The SMILES string of the molecule is Nc1nc2c(nnn2-c2ccccc2)c(=O)[nH]1. The van der Waals surface area contributed by atoms with Gasteiger partial charge in [0.05, 0.1) is 5.69 Å². The van der Waals surface area contributed by atoms with E-state index in [0.29, 0.717) is 5.65 Å². The Labute approximate surface area is 94.9 Å².